The number of likely N-dealkylation sites (tertiary alicyclic amines) is 1. The molecule has 1 saturated heterocycles. The van der Waals surface area contributed by atoms with E-state index in [0.29, 0.717) is 34.5 Å². The van der Waals surface area contributed by atoms with Gasteiger partial charge in [-0.05, 0) is 75.9 Å². The van der Waals surface area contributed by atoms with Crippen molar-refractivity contribution in [2.45, 2.75) is 32.1 Å². The zero-order valence-electron chi connectivity index (χ0n) is 18.8. The minimum Gasteiger partial charge on any atom is -0.496 e. The summed E-state index contributed by atoms with van der Waals surface area (Å²) in [5.74, 6) is 1.70. The van der Waals surface area contributed by atoms with Crippen LogP contribution in [0.1, 0.15) is 42.5 Å². The van der Waals surface area contributed by atoms with Gasteiger partial charge in [0.15, 0.2) is 0 Å². The fourth-order valence-corrected chi connectivity index (χ4v) is 4.15. The number of rotatable bonds is 11. The molecule has 2 aromatic rings. The van der Waals surface area contributed by atoms with E-state index in [9.17, 15) is 4.79 Å². The molecule has 6 nitrogen and oxygen atoms in total. The van der Waals surface area contributed by atoms with E-state index in [4.69, 9.17) is 26.8 Å². The first-order valence-corrected chi connectivity index (χ1v) is 11.8. The standard InChI is InChI=1S/C25H34ClN3O3/c1-31-24-17-23(27)22(26)16-21(24)25(30)28-18-19-10-13-29(14-11-19)12-6-3-7-15-32-20-8-4-2-5-9-20/h2,4-5,8-9,16-17,19H,3,6-7,10-15,18,27H2,1H3,(H,28,30). The normalized spacial score (nSPS) is 14.8. The molecule has 3 rings (SSSR count). The summed E-state index contributed by atoms with van der Waals surface area (Å²) in [5.41, 5.74) is 6.61. The number of benzene rings is 2. The van der Waals surface area contributed by atoms with Crippen LogP contribution in [0.5, 0.6) is 11.5 Å². The van der Waals surface area contributed by atoms with E-state index in [0.717, 1.165) is 51.3 Å². The summed E-state index contributed by atoms with van der Waals surface area (Å²) >= 11 is 6.08. The van der Waals surface area contributed by atoms with Gasteiger partial charge in [-0.3, -0.25) is 4.79 Å². The molecule has 0 spiro atoms. The smallest absolute Gasteiger partial charge is 0.255 e. The molecular weight excluding hydrogens is 426 g/mol. The molecule has 0 aromatic heterocycles. The third kappa shape index (κ3) is 7.31. The maximum Gasteiger partial charge on any atom is 0.255 e. The number of ether oxygens (including phenoxy) is 2. The second kappa shape index (κ2) is 12.6. The van der Waals surface area contributed by atoms with E-state index in [1.165, 1.54) is 20.0 Å². The van der Waals surface area contributed by atoms with Crippen molar-refractivity contribution >= 4 is 23.2 Å². The molecule has 174 valence electrons. The maximum atomic E-state index is 12.6. The van der Waals surface area contributed by atoms with Crippen LogP contribution in [-0.4, -0.2) is 50.7 Å². The fourth-order valence-electron chi connectivity index (χ4n) is 3.98. The third-order valence-corrected chi connectivity index (χ3v) is 6.28. The molecule has 7 heteroatoms. The molecule has 0 atom stereocenters. The van der Waals surface area contributed by atoms with Crippen LogP contribution in [0.25, 0.3) is 0 Å². The number of hydrogen-bond acceptors (Lipinski definition) is 5. The predicted octanol–water partition coefficient (Wildman–Crippen LogP) is 4.62. The van der Waals surface area contributed by atoms with E-state index in [1.807, 2.05) is 30.3 Å². The molecule has 1 aliphatic heterocycles. The van der Waals surface area contributed by atoms with Crippen LogP contribution in [0.2, 0.25) is 5.02 Å². The lowest BCUT2D eigenvalue weighted by molar-refractivity contribution is 0.0933. The van der Waals surface area contributed by atoms with Gasteiger partial charge in [-0.15, -0.1) is 0 Å². The number of methoxy groups -OCH3 is 1. The number of nitrogen functional groups attached to an aromatic ring is 1. The number of piperidine rings is 1. The Balaban J connectivity index is 1.29. The Morgan fingerprint density at radius 2 is 1.91 bits per heavy atom. The highest BCUT2D eigenvalue weighted by Crippen LogP contribution is 2.29. The van der Waals surface area contributed by atoms with Gasteiger partial charge in [0.1, 0.15) is 11.5 Å². The van der Waals surface area contributed by atoms with E-state index in [2.05, 4.69) is 10.2 Å². The summed E-state index contributed by atoms with van der Waals surface area (Å²) in [4.78, 5) is 15.1. The number of anilines is 1. The van der Waals surface area contributed by atoms with Crippen LogP contribution in [0.15, 0.2) is 42.5 Å². The molecule has 0 radical (unpaired) electrons. The number of carbonyl (C=O) groups excluding carboxylic acids is 1. The Kier molecular flexibility index (Phi) is 9.50. The molecule has 1 heterocycles. The van der Waals surface area contributed by atoms with E-state index < -0.39 is 0 Å². The van der Waals surface area contributed by atoms with Crippen molar-refractivity contribution in [3.05, 3.63) is 53.1 Å². The summed E-state index contributed by atoms with van der Waals surface area (Å²) in [5, 5.41) is 3.39. The van der Waals surface area contributed by atoms with Crippen molar-refractivity contribution < 1.29 is 14.3 Å². The van der Waals surface area contributed by atoms with Gasteiger partial charge in [-0.1, -0.05) is 29.8 Å². The summed E-state index contributed by atoms with van der Waals surface area (Å²) < 4.78 is 11.0. The largest absolute Gasteiger partial charge is 0.496 e. The van der Waals surface area contributed by atoms with Gasteiger partial charge in [-0.2, -0.15) is 0 Å². The van der Waals surface area contributed by atoms with Crippen molar-refractivity contribution in [1.29, 1.82) is 0 Å². The Labute approximate surface area is 196 Å². The lowest BCUT2D eigenvalue weighted by atomic mass is 9.96. The molecule has 2 aromatic carbocycles. The summed E-state index contributed by atoms with van der Waals surface area (Å²) in [6, 6.07) is 13.1. The van der Waals surface area contributed by atoms with Gasteiger partial charge >= 0.3 is 0 Å². The number of nitrogens with zero attached hydrogens (tertiary/aromatic N) is 1. The molecule has 1 fully saturated rings. The molecule has 1 amide bonds. The number of nitrogens with one attached hydrogen (secondary N) is 1. The van der Waals surface area contributed by atoms with Crippen LogP contribution in [0.3, 0.4) is 0 Å². The molecule has 0 saturated carbocycles. The van der Waals surface area contributed by atoms with Gasteiger partial charge in [-0.25, -0.2) is 0 Å². The van der Waals surface area contributed by atoms with Crippen molar-refractivity contribution in [2.75, 3.05) is 45.6 Å². The lowest BCUT2D eigenvalue weighted by Gasteiger charge is -2.32. The topological polar surface area (TPSA) is 76.8 Å². The monoisotopic (exact) mass is 459 g/mol. The lowest BCUT2D eigenvalue weighted by Crippen LogP contribution is -2.39. The van der Waals surface area contributed by atoms with Crippen molar-refractivity contribution in [1.82, 2.24) is 10.2 Å². The minimum absolute atomic E-state index is 0.177. The van der Waals surface area contributed by atoms with Crippen molar-refractivity contribution in [3.8, 4) is 11.5 Å². The second-order valence-corrected chi connectivity index (χ2v) is 8.70. The van der Waals surface area contributed by atoms with Gasteiger partial charge in [0, 0.05) is 12.6 Å². The highest BCUT2D eigenvalue weighted by Gasteiger charge is 2.21. The highest BCUT2D eigenvalue weighted by molar-refractivity contribution is 6.33. The Hall–Kier alpha value is -2.44. The SMILES string of the molecule is COc1cc(N)c(Cl)cc1C(=O)NCC1CCN(CCCCCOc2ccccc2)CC1. The van der Waals surface area contributed by atoms with Crippen LogP contribution in [0, 0.1) is 5.92 Å². The van der Waals surface area contributed by atoms with Gasteiger partial charge in [0.25, 0.3) is 5.91 Å². The first kappa shape index (κ1) is 24.2. The summed E-state index contributed by atoms with van der Waals surface area (Å²) in [6.07, 6.45) is 5.64. The molecule has 0 aliphatic carbocycles. The van der Waals surface area contributed by atoms with Gasteiger partial charge in [0.05, 0.1) is 30.0 Å². The van der Waals surface area contributed by atoms with Crippen molar-refractivity contribution in [2.24, 2.45) is 5.92 Å². The van der Waals surface area contributed by atoms with Crippen LogP contribution in [0.4, 0.5) is 5.69 Å². The van der Waals surface area contributed by atoms with Crippen molar-refractivity contribution in [3.63, 3.8) is 0 Å². The van der Waals surface area contributed by atoms with Crippen LogP contribution >= 0.6 is 11.6 Å². The Morgan fingerprint density at radius 3 is 2.62 bits per heavy atom. The third-order valence-electron chi connectivity index (χ3n) is 5.95. The number of halogens is 1. The fraction of sp³-hybridized carbons (Fsp3) is 0.480. The highest BCUT2D eigenvalue weighted by atomic mass is 35.5. The van der Waals surface area contributed by atoms with Crippen LogP contribution < -0.4 is 20.5 Å². The molecule has 3 N–H and O–H groups in total. The summed E-state index contributed by atoms with van der Waals surface area (Å²) in [7, 11) is 1.52. The van der Waals surface area contributed by atoms with E-state index in [-0.39, 0.29) is 5.91 Å². The zero-order chi connectivity index (χ0) is 22.8. The number of hydrogen-bond donors (Lipinski definition) is 2. The average molecular weight is 460 g/mol. The average Bonchev–Trinajstić information content (AvgIpc) is 2.82. The Morgan fingerprint density at radius 1 is 1.16 bits per heavy atom. The van der Waals surface area contributed by atoms with E-state index >= 15 is 0 Å². The van der Waals surface area contributed by atoms with Gasteiger partial charge in [0.2, 0.25) is 0 Å². The quantitative estimate of drug-likeness (QED) is 0.378. The number of amides is 1. The predicted molar refractivity (Wildman–Crippen MR) is 130 cm³/mol. The molecule has 1 aliphatic rings. The molecule has 0 unspecified atom stereocenters. The number of unbranched alkanes of at least 4 members (excludes halogenated alkanes) is 2. The van der Waals surface area contributed by atoms with E-state index in [1.54, 1.807) is 12.1 Å². The first-order valence-electron chi connectivity index (χ1n) is 11.4. The molecule has 32 heavy (non-hydrogen) atoms. The maximum absolute atomic E-state index is 12.6. The molecular formula is C25H34ClN3O3. The van der Waals surface area contributed by atoms with Crippen LogP contribution in [-0.2, 0) is 0 Å². The zero-order valence-corrected chi connectivity index (χ0v) is 19.6. The van der Waals surface area contributed by atoms with Gasteiger partial charge < -0.3 is 25.4 Å². The first-order chi connectivity index (χ1) is 15.6. The molecule has 0 bridgehead atoms. The summed E-state index contributed by atoms with van der Waals surface area (Å²) in [6.45, 7) is 4.73. The second-order valence-electron chi connectivity index (χ2n) is 8.29. The number of nitrogens with two attached hydrogens (primary N) is 1. The number of para-hydroxylation sites is 1. The minimum atomic E-state index is -0.177. The number of carbonyl (C=O) groups is 1. The Bertz CT molecular complexity index is 855.